The van der Waals surface area contributed by atoms with Gasteiger partial charge >= 0.3 is 0 Å². The molecule has 1 aliphatic heterocycles. The molecule has 0 radical (unpaired) electrons. The van der Waals surface area contributed by atoms with Crippen molar-refractivity contribution in [2.24, 2.45) is 7.05 Å². The van der Waals surface area contributed by atoms with Crippen LogP contribution in [0.15, 0.2) is 35.8 Å². The second-order valence-corrected chi connectivity index (χ2v) is 6.33. The lowest BCUT2D eigenvalue weighted by atomic mass is 10.1. The number of aromatic nitrogens is 1. The molecule has 3 rings (SSSR count). The Hall–Kier alpha value is -1.59. The molecule has 2 aromatic heterocycles. The molecule has 21 heavy (non-hydrogen) atoms. The monoisotopic (exact) mass is 304 g/mol. The molecule has 0 saturated carbocycles. The first kappa shape index (κ1) is 14.4. The summed E-state index contributed by atoms with van der Waals surface area (Å²) in [4.78, 5) is 15.8. The van der Waals surface area contributed by atoms with Gasteiger partial charge in [0.25, 0.3) is 0 Å². The molecule has 0 aromatic carbocycles. The summed E-state index contributed by atoms with van der Waals surface area (Å²) in [6.07, 6.45) is 3.41. The highest BCUT2D eigenvalue weighted by molar-refractivity contribution is 7.09. The fraction of sp³-hybridized carbons (Fsp3) is 0.438. The summed E-state index contributed by atoms with van der Waals surface area (Å²) in [7, 11) is 2.01. The molecule has 1 amide bonds. The summed E-state index contributed by atoms with van der Waals surface area (Å²) < 4.78 is 7.65. The Kier molecular flexibility index (Phi) is 4.41. The third-order valence-corrected chi connectivity index (χ3v) is 4.88. The van der Waals surface area contributed by atoms with Gasteiger partial charge in [-0.25, -0.2) is 0 Å². The summed E-state index contributed by atoms with van der Waals surface area (Å²) in [6, 6.07) is 8.24. The molecule has 0 bridgehead atoms. The number of hydrogen-bond acceptors (Lipinski definition) is 3. The first-order valence-electron chi connectivity index (χ1n) is 7.26. The van der Waals surface area contributed by atoms with E-state index in [0.717, 1.165) is 12.1 Å². The zero-order chi connectivity index (χ0) is 14.7. The Labute approximate surface area is 128 Å². The Morgan fingerprint density at radius 1 is 1.43 bits per heavy atom. The highest BCUT2D eigenvalue weighted by atomic mass is 32.1. The van der Waals surface area contributed by atoms with Crippen molar-refractivity contribution in [1.29, 1.82) is 0 Å². The van der Waals surface area contributed by atoms with E-state index in [1.165, 1.54) is 4.88 Å². The standard InChI is InChI=1S/C16H20N2O2S/c1-17-8-2-5-14(17)15-12-20-10-9-18(15)16(19)7-6-13-4-3-11-21-13/h2-5,8,11,15H,6-7,9-10,12H2,1H3/t15-/m1/s1. The van der Waals surface area contributed by atoms with Crippen molar-refractivity contribution in [1.82, 2.24) is 9.47 Å². The Balaban J connectivity index is 1.69. The van der Waals surface area contributed by atoms with Crippen LogP contribution in [0.2, 0.25) is 0 Å². The second kappa shape index (κ2) is 6.45. The number of amides is 1. The van der Waals surface area contributed by atoms with Crippen molar-refractivity contribution < 1.29 is 9.53 Å². The van der Waals surface area contributed by atoms with Crippen LogP contribution >= 0.6 is 11.3 Å². The van der Waals surface area contributed by atoms with Gasteiger partial charge in [-0.05, 0) is 30.0 Å². The molecule has 5 heteroatoms. The number of carbonyl (C=O) groups excluding carboxylic acids is 1. The topological polar surface area (TPSA) is 34.5 Å². The highest BCUT2D eigenvalue weighted by Gasteiger charge is 2.29. The van der Waals surface area contributed by atoms with Crippen LogP contribution < -0.4 is 0 Å². The minimum absolute atomic E-state index is 0.0367. The van der Waals surface area contributed by atoms with E-state index >= 15 is 0 Å². The molecule has 1 fully saturated rings. The van der Waals surface area contributed by atoms with Crippen LogP contribution in [0.25, 0.3) is 0 Å². The maximum Gasteiger partial charge on any atom is 0.223 e. The van der Waals surface area contributed by atoms with Crippen LogP contribution in [0.3, 0.4) is 0 Å². The van der Waals surface area contributed by atoms with E-state index in [1.54, 1.807) is 11.3 Å². The van der Waals surface area contributed by atoms with Crippen molar-refractivity contribution in [2.75, 3.05) is 19.8 Å². The molecule has 112 valence electrons. The van der Waals surface area contributed by atoms with Crippen LogP contribution in [0.1, 0.15) is 23.0 Å². The first-order chi connectivity index (χ1) is 10.3. The molecule has 0 N–H and O–H groups in total. The minimum atomic E-state index is 0.0367. The van der Waals surface area contributed by atoms with E-state index in [1.807, 2.05) is 30.3 Å². The lowest BCUT2D eigenvalue weighted by Crippen LogP contribution is -2.44. The van der Waals surface area contributed by atoms with E-state index in [2.05, 4.69) is 22.1 Å². The molecule has 3 heterocycles. The van der Waals surface area contributed by atoms with Crippen LogP contribution in [0.5, 0.6) is 0 Å². The number of carbonyl (C=O) groups is 1. The Morgan fingerprint density at radius 2 is 2.33 bits per heavy atom. The molecular weight excluding hydrogens is 284 g/mol. The van der Waals surface area contributed by atoms with Crippen LogP contribution in [0, 0.1) is 0 Å². The van der Waals surface area contributed by atoms with Crippen molar-refractivity contribution >= 4 is 17.2 Å². The lowest BCUT2D eigenvalue weighted by Gasteiger charge is -2.36. The lowest BCUT2D eigenvalue weighted by molar-refractivity contribution is -0.140. The molecule has 1 atom stereocenters. The van der Waals surface area contributed by atoms with Crippen molar-refractivity contribution in [3.05, 3.63) is 46.4 Å². The molecule has 4 nitrogen and oxygen atoms in total. The molecule has 0 unspecified atom stereocenters. The average Bonchev–Trinajstić information content (AvgIpc) is 3.16. The largest absolute Gasteiger partial charge is 0.377 e. The van der Waals surface area contributed by atoms with Crippen LogP contribution in [-0.4, -0.2) is 35.1 Å². The Bertz CT molecular complexity index is 591. The van der Waals surface area contributed by atoms with Crippen molar-refractivity contribution in [3.8, 4) is 0 Å². The number of morpholine rings is 1. The predicted octanol–water partition coefficient (Wildman–Crippen LogP) is 2.62. The van der Waals surface area contributed by atoms with Crippen LogP contribution in [-0.2, 0) is 23.0 Å². The van der Waals surface area contributed by atoms with Gasteiger partial charge in [-0.3, -0.25) is 4.79 Å². The highest BCUT2D eigenvalue weighted by Crippen LogP contribution is 2.25. The van der Waals surface area contributed by atoms with Gasteiger partial charge in [-0.1, -0.05) is 6.07 Å². The van der Waals surface area contributed by atoms with E-state index < -0.39 is 0 Å². The molecule has 2 aromatic rings. The number of ether oxygens (including phenoxy) is 1. The minimum Gasteiger partial charge on any atom is -0.377 e. The van der Waals surface area contributed by atoms with E-state index in [-0.39, 0.29) is 11.9 Å². The van der Waals surface area contributed by atoms with Crippen molar-refractivity contribution in [2.45, 2.75) is 18.9 Å². The zero-order valence-corrected chi connectivity index (χ0v) is 13.0. The smallest absolute Gasteiger partial charge is 0.223 e. The van der Waals surface area contributed by atoms with Gasteiger partial charge in [0.2, 0.25) is 5.91 Å². The third kappa shape index (κ3) is 3.19. The molecular formula is C16H20N2O2S. The van der Waals surface area contributed by atoms with Gasteiger partial charge in [0.15, 0.2) is 0 Å². The van der Waals surface area contributed by atoms with Gasteiger partial charge < -0.3 is 14.2 Å². The summed E-state index contributed by atoms with van der Waals surface area (Å²) in [5.41, 5.74) is 1.14. The number of hydrogen-bond donors (Lipinski definition) is 0. The van der Waals surface area contributed by atoms with E-state index in [0.29, 0.717) is 26.2 Å². The molecule has 0 spiro atoms. The summed E-state index contributed by atoms with van der Waals surface area (Å²) in [5.74, 6) is 0.220. The van der Waals surface area contributed by atoms with Gasteiger partial charge in [0.05, 0.1) is 19.3 Å². The number of aryl methyl sites for hydroxylation is 2. The second-order valence-electron chi connectivity index (χ2n) is 5.30. The van der Waals surface area contributed by atoms with E-state index in [9.17, 15) is 4.79 Å². The van der Waals surface area contributed by atoms with E-state index in [4.69, 9.17) is 4.74 Å². The van der Waals surface area contributed by atoms with Gasteiger partial charge in [-0.2, -0.15) is 0 Å². The van der Waals surface area contributed by atoms with Crippen LogP contribution in [0.4, 0.5) is 0 Å². The zero-order valence-electron chi connectivity index (χ0n) is 12.2. The number of thiophene rings is 1. The average molecular weight is 304 g/mol. The summed E-state index contributed by atoms with van der Waals surface area (Å²) in [6.45, 7) is 1.90. The fourth-order valence-electron chi connectivity index (χ4n) is 2.80. The van der Waals surface area contributed by atoms with Gasteiger partial charge in [0.1, 0.15) is 0 Å². The maximum absolute atomic E-state index is 12.6. The van der Waals surface area contributed by atoms with Gasteiger partial charge in [0, 0.05) is 36.8 Å². The SMILES string of the molecule is Cn1cccc1[C@H]1COCCN1C(=O)CCc1cccs1. The van der Waals surface area contributed by atoms with Gasteiger partial charge in [-0.15, -0.1) is 11.3 Å². The predicted molar refractivity (Wildman–Crippen MR) is 83.3 cm³/mol. The molecule has 1 saturated heterocycles. The van der Waals surface area contributed by atoms with Crippen molar-refractivity contribution in [3.63, 3.8) is 0 Å². The number of rotatable bonds is 4. The maximum atomic E-state index is 12.6. The third-order valence-electron chi connectivity index (χ3n) is 3.94. The quantitative estimate of drug-likeness (QED) is 0.870. The number of nitrogens with zero attached hydrogens (tertiary/aromatic N) is 2. The molecule has 1 aliphatic rings. The molecule has 0 aliphatic carbocycles. The fourth-order valence-corrected chi connectivity index (χ4v) is 3.51. The first-order valence-corrected chi connectivity index (χ1v) is 8.14. The summed E-state index contributed by atoms with van der Waals surface area (Å²) in [5, 5.41) is 2.06. The summed E-state index contributed by atoms with van der Waals surface area (Å²) >= 11 is 1.71. The Morgan fingerprint density at radius 3 is 3.05 bits per heavy atom. The normalized spacial score (nSPS) is 18.9.